The number of benzene rings is 2. The zero-order valence-corrected chi connectivity index (χ0v) is 14.3. The summed E-state index contributed by atoms with van der Waals surface area (Å²) < 4.78 is 12.7. The molecule has 126 valence electrons. The van der Waals surface area contributed by atoms with Gasteiger partial charge in [0.1, 0.15) is 17.1 Å². The Morgan fingerprint density at radius 3 is 2.36 bits per heavy atom. The van der Waals surface area contributed by atoms with Crippen molar-refractivity contribution >= 4 is 17.0 Å². The average Bonchev–Trinajstić information content (AvgIpc) is 2.97. The minimum absolute atomic E-state index is 0.414. The first-order valence-corrected chi connectivity index (χ1v) is 7.88. The van der Waals surface area contributed by atoms with Gasteiger partial charge in [0, 0.05) is 11.6 Å². The summed E-state index contributed by atoms with van der Waals surface area (Å²) in [6.45, 7) is 5.50. The lowest BCUT2D eigenvalue weighted by atomic mass is 10.2. The molecule has 0 bridgehead atoms. The fourth-order valence-corrected chi connectivity index (χ4v) is 2.39. The Morgan fingerprint density at radius 1 is 1.04 bits per heavy atom. The van der Waals surface area contributed by atoms with E-state index in [1.165, 1.54) is 4.57 Å². The van der Waals surface area contributed by atoms with Crippen molar-refractivity contribution in [2.24, 2.45) is 0 Å². The number of aromatic nitrogens is 1. The summed E-state index contributed by atoms with van der Waals surface area (Å²) in [5.41, 5.74) is 0.783. The van der Waals surface area contributed by atoms with Crippen LogP contribution >= 0.6 is 0 Å². The highest BCUT2D eigenvalue weighted by Gasteiger charge is 2.19. The van der Waals surface area contributed by atoms with E-state index in [2.05, 4.69) is 6.07 Å². The number of hydrogen-bond acceptors (Lipinski definition) is 4. The molecule has 0 fully saturated rings. The van der Waals surface area contributed by atoms with Crippen molar-refractivity contribution in [3.63, 3.8) is 0 Å². The number of nitriles is 1. The van der Waals surface area contributed by atoms with Gasteiger partial charge in [-0.05, 0) is 69.3 Å². The molecule has 1 heterocycles. The molecular formula is C20H18N2O3. The summed E-state index contributed by atoms with van der Waals surface area (Å²) in [7, 11) is 0. The largest absolute Gasteiger partial charge is 0.457 e. The first-order valence-electron chi connectivity index (χ1n) is 7.88. The molecule has 2 aromatic carbocycles. The van der Waals surface area contributed by atoms with Crippen LogP contribution in [0.25, 0.3) is 10.9 Å². The van der Waals surface area contributed by atoms with Gasteiger partial charge in [0.25, 0.3) is 0 Å². The molecule has 0 unspecified atom stereocenters. The zero-order valence-electron chi connectivity index (χ0n) is 14.3. The topological polar surface area (TPSA) is 64.2 Å². The predicted molar refractivity (Wildman–Crippen MR) is 94.8 cm³/mol. The van der Waals surface area contributed by atoms with Crippen molar-refractivity contribution in [3.05, 3.63) is 60.3 Å². The van der Waals surface area contributed by atoms with Crippen LogP contribution in [-0.2, 0) is 4.74 Å². The van der Waals surface area contributed by atoms with Gasteiger partial charge in [-0.1, -0.05) is 0 Å². The van der Waals surface area contributed by atoms with Crippen molar-refractivity contribution < 1.29 is 14.3 Å². The van der Waals surface area contributed by atoms with Crippen molar-refractivity contribution in [2.75, 3.05) is 0 Å². The van der Waals surface area contributed by atoms with E-state index in [1.807, 2.05) is 39.0 Å². The molecule has 3 aromatic rings. The van der Waals surface area contributed by atoms with Crippen LogP contribution in [0.4, 0.5) is 4.79 Å². The molecule has 0 saturated heterocycles. The maximum absolute atomic E-state index is 12.3. The molecule has 25 heavy (non-hydrogen) atoms. The summed E-state index contributed by atoms with van der Waals surface area (Å²) in [5.74, 6) is 1.30. The summed E-state index contributed by atoms with van der Waals surface area (Å²) in [5, 5.41) is 9.70. The fraction of sp³-hybridized carbons (Fsp3) is 0.200. The van der Waals surface area contributed by atoms with Crippen LogP contribution in [0, 0.1) is 11.3 Å². The van der Waals surface area contributed by atoms with Gasteiger partial charge in [-0.2, -0.15) is 5.26 Å². The molecule has 0 aliphatic heterocycles. The molecule has 0 aliphatic carbocycles. The molecule has 5 nitrogen and oxygen atoms in total. The number of carbonyl (C=O) groups is 1. The van der Waals surface area contributed by atoms with Crippen molar-refractivity contribution in [1.29, 1.82) is 5.26 Å². The Balaban J connectivity index is 1.84. The van der Waals surface area contributed by atoms with Crippen molar-refractivity contribution in [3.8, 4) is 17.6 Å². The second-order valence-corrected chi connectivity index (χ2v) is 6.62. The first-order chi connectivity index (χ1) is 11.9. The second kappa shape index (κ2) is 6.33. The van der Waals surface area contributed by atoms with Gasteiger partial charge in [-0.25, -0.2) is 4.79 Å². The van der Waals surface area contributed by atoms with Gasteiger partial charge < -0.3 is 9.47 Å². The number of fused-ring (bicyclic) bond motifs is 1. The van der Waals surface area contributed by atoms with E-state index >= 15 is 0 Å². The third kappa shape index (κ3) is 3.81. The van der Waals surface area contributed by atoms with Gasteiger partial charge in [0.2, 0.25) is 0 Å². The predicted octanol–water partition coefficient (Wildman–Crippen LogP) is 5.09. The lowest BCUT2D eigenvalue weighted by molar-refractivity contribution is 0.0544. The number of rotatable bonds is 2. The standard InChI is InChI=1S/C20H18N2O3/c1-20(2,3)25-19(23)22-11-10-15-12-17(8-9-18(15)22)24-16-6-4-14(13-21)5-7-16/h4-12H,1-3H3. The van der Waals surface area contributed by atoms with Crippen LogP contribution in [0.1, 0.15) is 26.3 Å². The summed E-state index contributed by atoms with van der Waals surface area (Å²) in [4.78, 5) is 12.3. The maximum atomic E-state index is 12.3. The summed E-state index contributed by atoms with van der Waals surface area (Å²) >= 11 is 0. The van der Waals surface area contributed by atoms with Crippen LogP contribution in [0.3, 0.4) is 0 Å². The van der Waals surface area contributed by atoms with Crippen molar-refractivity contribution in [1.82, 2.24) is 4.57 Å². The minimum atomic E-state index is -0.549. The normalized spacial score (nSPS) is 11.1. The number of ether oxygens (including phenoxy) is 2. The highest BCUT2D eigenvalue weighted by Crippen LogP contribution is 2.27. The van der Waals surface area contributed by atoms with Gasteiger partial charge >= 0.3 is 6.09 Å². The van der Waals surface area contributed by atoms with Crippen LogP contribution in [-0.4, -0.2) is 16.3 Å². The monoisotopic (exact) mass is 334 g/mol. The summed E-state index contributed by atoms with van der Waals surface area (Å²) in [6, 6.07) is 16.3. The van der Waals surface area contributed by atoms with Crippen LogP contribution in [0.15, 0.2) is 54.7 Å². The maximum Gasteiger partial charge on any atom is 0.418 e. The molecule has 0 saturated carbocycles. The Bertz CT molecular complexity index is 957. The first kappa shape index (κ1) is 16.6. The van der Waals surface area contributed by atoms with E-state index < -0.39 is 11.7 Å². The zero-order chi connectivity index (χ0) is 18.0. The smallest absolute Gasteiger partial charge is 0.418 e. The SMILES string of the molecule is CC(C)(C)OC(=O)n1ccc2cc(Oc3ccc(C#N)cc3)ccc21. The van der Waals surface area contributed by atoms with Crippen LogP contribution in [0.2, 0.25) is 0 Å². The van der Waals surface area contributed by atoms with E-state index in [0.717, 1.165) is 10.9 Å². The highest BCUT2D eigenvalue weighted by atomic mass is 16.6. The van der Waals surface area contributed by atoms with Crippen molar-refractivity contribution in [2.45, 2.75) is 26.4 Å². The molecule has 0 radical (unpaired) electrons. The van der Waals surface area contributed by atoms with E-state index in [1.54, 1.807) is 36.5 Å². The van der Waals surface area contributed by atoms with E-state index in [0.29, 0.717) is 17.1 Å². The lowest BCUT2D eigenvalue weighted by Gasteiger charge is -2.19. The molecule has 0 atom stereocenters. The molecular weight excluding hydrogens is 316 g/mol. The van der Waals surface area contributed by atoms with E-state index in [4.69, 9.17) is 14.7 Å². The minimum Gasteiger partial charge on any atom is -0.457 e. The Kier molecular flexibility index (Phi) is 4.20. The van der Waals surface area contributed by atoms with Gasteiger partial charge in [0.05, 0.1) is 17.1 Å². The third-order valence-electron chi connectivity index (χ3n) is 3.47. The molecule has 0 spiro atoms. The third-order valence-corrected chi connectivity index (χ3v) is 3.47. The molecule has 0 aliphatic rings. The van der Waals surface area contributed by atoms with Gasteiger partial charge in [0.15, 0.2) is 0 Å². The van der Waals surface area contributed by atoms with Crippen LogP contribution in [0.5, 0.6) is 11.5 Å². The van der Waals surface area contributed by atoms with E-state index in [9.17, 15) is 4.79 Å². The molecule has 3 rings (SSSR count). The Labute approximate surface area is 146 Å². The van der Waals surface area contributed by atoms with Crippen LogP contribution < -0.4 is 4.74 Å². The second-order valence-electron chi connectivity index (χ2n) is 6.62. The number of hydrogen-bond donors (Lipinski definition) is 0. The molecule has 5 heteroatoms. The van der Waals surface area contributed by atoms with Gasteiger partial charge in [-0.15, -0.1) is 0 Å². The number of nitrogens with zero attached hydrogens (tertiary/aromatic N) is 2. The fourth-order valence-electron chi connectivity index (χ4n) is 2.39. The average molecular weight is 334 g/mol. The molecule has 0 amide bonds. The summed E-state index contributed by atoms with van der Waals surface area (Å²) in [6.07, 6.45) is 1.27. The number of carbonyl (C=O) groups excluding carboxylic acids is 1. The molecule has 0 N–H and O–H groups in total. The highest BCUT2D eigenvalue weighted by molar-refractivity contribution is 5.90. The quantitative estimate of drug-likeness (QED) is 0.655. The molecule has 1 aromatic heterocycles. The van der Waals surface area contributed by atoms with E-state index in [-0.39, 0.29) is 0 Å². The van der Waals surface area contributed by atoms with Gasteiger partial charge in [-0.3, -0.25) is 4.57 Å². The Morgan fingerprint density at radius 2 is 1.72 bits per heavy atom. The lowest BCUT2D eigenvalue weighted by Crippen LogP contribution is -2.26. The Hall–Kier alpha value is -3.26.